The molecule has 18 heavy (non-hydrogen) atoms. The Morgan fingerprint density at radius 1 is 1.44 bits per heavy atom. The van der Waals surface area contributed by atoms with Gasteiger partial charge in [-0.3, -0.25) is 0 Å². The van der Waals surface area contributed by atoms with Gasteiger partial charge < -0.3 is 4.74 Å². The molecule has 96 valence electrons. The molecule has 0 unspecified atom stereocenters. The lowest BCUT2D eigenvalue weighted by molar-refractivity contribution is -0.0329. The second-order valence-corrected chi connectivity index (χ2v) is 4.09. The fourth-order valence-corrected chi connectivity index (χ4v) is 1.75. The summed E-state index contributed by atoms with van der Waals surface area (Å²) in [4.78, 5) is 10.3. The summed E-state index contributed by atoms with van der Waals surface area (Å²) in [7, 11) is 0.956. The number of nitrogens with zero attached hydrogens (tertiary/aromatic N) is 1. The Morgan fingerprint density at radius 3 is 2.50 bits per heavy atom. The van der Waals surface area contributed by atoms with Crippen molar-refractivity contribution in [1.82, 2.24) is 0 Å². The van der Waals surface area contributed by atoms with Crippen molar-refractivity contribution < 1.29 is 27.1 Å². The zero-order valence-electron chi connectivity index (χ0n) is 8.84. The molecule has 0 fully saturated rings. The number of hydrogen-bond donors (Lipinski definition) is 0. The third-order valence-electron chi connectivity index (χ3n) is 1.80. The first-order valence-electron chi connectivity index (χ1n) is 4.36. The molecule has 0 spiro atoms. The number of ether oxygens (including phenoxy) is 1. The molecular weight excluding hydrogens is 274 g/mol. The maximum Gasteiger partial charge on any atom is 0.446 e. The molecule has 0 saturated heterocycles. The average Bonchev–Trinajstić information content (AvgIpc) is 2.29. The van der Waals surface area contributed by atoms with Crippen molar-refractivity contribution in [2.24, 2.45) is 0 Å². The molecule has 0 radical (unpaired) electrons. The molecule has 0 amide bonds. The topological polar surface area (TPSA) is 50.1 Å². The van der Waals surface area contributed by atoms with Gasteiger partial charge in [-0.05, 0) is 23.9 Å². The van der Waals surface area contributed by atoms with Gasteiger partial charge in [0.2, 0.25) is 0 Å². The van der Waals surface area contributed by atoms with Crippen LogP contribution in [0.25, 0.3) is 0 Å². The molecule has 1 rings (SSSR count). The average molecular weight is 279 g/mol. The normalized spacial score (nSPS) is 10.9. The molecule has 0 aromatic heterocycles. The van der Waals surface area contributed by atoms with E-state index in [-0.39, 0.29) is 5.56 Å². The highest BCUT2D eigenvalue weighted by Crippen LogP contribution is 2.39. The highest BCUT2D eigenvalue weighted by atomic mass is 32.2. The van der Waals surface area contributed by atoms with Crippen LogP contribution in [0.1, 0.15) is 15.9 Å². The minimum absolute atomic E-state index is 0.261. The van der Waals surface area contributed by atoms with E-state index in [1.54, 1.807) is 6.07 Å². The van der Waals surface area contributed by atoms with Crippen LogP contribution in [0.4, 0.5) is 17.6 Å². The number of hydrogen-bond acceptors (Lipinski definition) is 4. The van der Waals surface area contributed by atoms with Crippen LogP contribution < -0.4 is 0 Å². The van der Waals surface area contributed by atoms with E-state index in [9.17, 15) is 22.4 Å². The Kier molecular flexibility index (Phi) is 4.19. The number of nitriles is 1. The van der Waals surface area contributed by atoms with E-state index in [2.05, 4.69) is 4.74 Å². The highest BCUT2D eigenvalue weighted by Gasteiger charge is 2.32. The van der Waals surface area contributed by atoms with E-state index in [0.717, 1.165) is 19.2 Å². The van der Waals surface area contributed by atoms with Gasteiger partial charge >= 0.3 is 11.5 Å². The monoisotopic (exact) mass is 279 g/mol. The fourth-order valence-electron chi connectivity index (χ4n) is 1.12. The quantitative estimate of drug-likeness (QED) is 0.474. The summed E-state index contributed by atoms with van der Waals surface area (Å²) in [5.41, 5.74) is -5.69. The molecule has 0 aliphatic heterocycles. The second kappa shape index (κ2) is 5.27. The Morgan fingerprint density at radius 2 is 2.06 bits per heavy atom. The summed E-state index contributed by atoms with van der Waals surface area (Å²) in [5, 5.41) is 8.62. The molecule has 0 aliphatic carbocycles. The van der Waals surface area contributed by atoms with Crippen molar-refractivity contribution in [2.75, 3.05) is 7.11 Å². The molecule has 0 saturated carbocycles. The van der Waals surface area contributed by atoms with Gasteiger partial charge in [0, 0.05) is 0 Å². The molecular formula is C10H5F4NO2S. The number of rotatable bonds is 2. The lowest BCUT2D eigenvalue weighted by Crippen LogP contribution is -2.08. The van der Waals surface area contributed by atoms with Crippen LogP contribution in [0, 0.1) is 17.1 Å². The highest BCUT2D eigenvalue weighted by molar-refractivity contribution is 8.00. The zero-order valence-corrected chi connectivity index (χ0v) is 9.66. The Labute approximate surface area is 103 Å². The number of halogens is 4. The lowest BCUT2D eigenvalue weighted by Gasteiger charge is -2.09. The van der Waals surface area contributed by atoms with Gasteiger partial charge in [0.05, 0.1) is 29.2 Å². The smallest absolute Gasteiger partial charge is 0.446 e. The van der Waals surface area contributed by atoms with E-state index in [0.29, 0.717) is 0 Å². The van der Waals surface area contributed by atoms with Gasteiger partial charge in [-0.1, -0.05) is 0 Å². The third-order valence-corrected chi connectivity index (χ3v) is 2.55. The summed E-state index contributed by atoms with van der Waals surface area (Å²) in [5.74, 6) is -2.50. The van der Waals surface area contributed by atoms with Crippen LogP contribution in [0.5, 0.6) is 0 Å². The van der Waals surface area contributed by atoms with Crippen LogP contribution in [-0.4, -0.2) is 18.6 Å². The molecule has 3 nitrogen and oxygen atoms in total. The molecule has 0 N–H and O–H groups in total. The molecule has 0 bridgehead atoms. The van der Waals surface area contributed by atoms with E-state index in [1.165, 1.54) is 0 Å². The minimum atomic E-state index is -4.72. The Bertz CT molecular complexity index is 522. The SMILES string of the molecule is COC(=O)c1cc(C#N)cc(SC(F)(F)F)c1F. The first-order valence-corrected chi connectivity index (χ1v) is 5.18. The minimum Gasteiger partial charge on any atom is -0.465 e. The van der Waals surface area contributed by atoms with Gasteiger partial charge in [0.15, 0.2) is 5.82 Å². The van der Waals surface area contributed by atoms with E-state index in [1.807, 2.05) is 0 Å². The van der Waals surface area contributed by atoms with Crippen LogP contribution >= 0.6 is 11.8 Å². The summed E-state index contributed by atoms with van der Waals surface area (Å²) < 4.78 is 54.4. The van der Waals surface area contributed by atoms with Gasteiger partial charge in [-0.25, -0.2) is 9.18 Å². The van der Waals surface area contributed by atoms with E-state index < -0.39 is 39.5 Å². The van der Waals surface area contributed by atoms with Crippen LogP contribution in [0.3, 0.4) is 0 Å². The molecule has 0 atom stereocenters. The zero-order chi connectivity index (χ0) is 13.9. The maximum absolute atomic E-state index is 13.6. The largest absolute Gasteiger partial charge is 0.465 e. The van der Waals surface area contributed by atoms with Crippen molar-refractivity contribution in [3.63, 3.8) is 0 Å². The van der Waals surface area contributed by atoms with Crippen molar-refractivity contribution in [3.05, 3.63) is 29.1 Å². The lowest BCUT2D eigenvalue weighted by atomic mass is 10.1. The van der Waals surface area contributed by atoms with Crippen LogP contribution in [0.15, 0.2) is 17.0 Å². The van der Waals surface area contributed by atoms with Crippen molar-refractivity contribution in [3.8, 4) is 6.07 Å². The van der Waals surface area contributed by atoms with Crippen LogP contribution in [0.2, 0.25) is 0 Å². The van der Waals surface area contributed by atoms with Gasteiger partial charge in [-0.2, -0.15) is 18.4 Å². The number of carbonyl (C=O) groups is 1. The van der Waals surface area contributed by atoms with Crippen molar-refractivity contribution >= 4 is 17.7 Å². The molecule has 1 aromatic carbocycles. The summed E-state index contributed by atoms with van der Waals surface area (Å²) >= 11 is -0.735. The van der Waals surface area contributed by atoms with E-state index in [4.69, 9.17) is 5.26 Å². The van der Waals surface area contributed by atoms with Crippen molar-refractivity contribution in [2.45, 2.75) is 10.4 Å². The number of methoxy groups -OCH3 is 1. The Hall–Kier alpha value is -1.75. The molecule has 1 aromatic rings. The standard InChI is InChI=1S/C10H5F4NO2S/c1-17-9(16)6-2-5(4-15)3-7(8(6)11)18-10(12,13)14/h2-3H,1H3. The third kappa shape index (κ3) is 3.37. The van der Waals surface area contributed by atoms with Gasteiger partial charge in [-0.15, -0.1) is 0 Å². The number of thioether (sulfide) groups is 1. The summed E-state index contributed by atoms with van der Waals surface area (Å²) in [6.07, 6.45) is 0. The van der Waals surface area contributed by atoms with Crippen LogP contribution in [-0.2, 0) is 4.74 Å². The first kappa shape index (κ1) is 14.3. The predicted octanol–water partition coefficient (Wildman–Crippen LogP) is 3.10. The van der Waals surface area contributed by atoms with Gasteiger partial charge in [0.25, 0.3) is 0 Å². The second-order valence-electron chi connectivity index (χ2n) is 2.99. The summed E-state index contributed by atoms with van der Waals surface area (Å²) in [6.45, 7) is 0. The predicted molar refractivity (Wildman–Crippen MR) is 54.4 cm³/mol. The van der Waals surface area contributed by atoms with E-state index >= 15 is 0 Å². The van der Waals surface area contributed by atoms with Crippen molar-refractivity contribution in [1.29, 1.82) is 5.26 Å². The number of esters is 1. The first-order chi connectivity index (χ1) is 8.28. The molecule has 0 aliphatic rings. The van der Waals surface area contributed by atoms with Gasteiger partial charge in [0.1, 0.15) is 0 Å². The number of benzene rings is 1. The number of carbonyl (C=O) groups excluding carboxylic acids is 1. The maximum atomic E-state index is 13.6. The number of alkyl halides is 3. The molecule has 8 heteroatoms. The summed E-state index contributed by atoms with van der Waals surface area (Å²) in [6, 6.07) is 3.10. The molecule has 0 heterocycles. The Balaban J connectivity index is 3.35. The fraction of sp³-hybridized carbons (Fsp3) is 0.200.